The summed E-state index contributed by atoms with van der Waals surface area (Å²) in [6, 6.07) is 8.81. The van der Waals surface area contributed by atoms with Crippen LogP contribution in [0, 0.1) is 20.8 Å². The molecule has 9 heteroatoms. The Morgan fingerprint density at radius 3 is 2.32 bits per heavy atom. The first-order chi connectivity index (χ1) is 14.6. The van der Waals surface area contributed by atoms with Crippen molar-refractivity contribution in [3.63, 3.8) is 0 Å². The topological polar surface area (TPSA) is 86.4 Å². The fraction of sp³-hybridized carbons (Fsp3) is 0.364. The van der Waals surface area contributed by atoms with Crippen molar-refractivity contribution in [2.24, 2.45) is 0 Å². The van der Waals surface area contributed by atoms with Gasteiger partial charge in [-0.3, -0.25) is 9.69 Å². The van der Waals surface area contributed by atoms with Gasteiger partial charge in [-0.1, -0.05) is 29.3 Å². The van der Waals surface area contributed by atoms with Gasteiger partial charge in [0.1, 0.15) is 5.82 Å². The molecule has 0 radical (unpaired) electrons. The van der Waals surface area contributed by atoms with Crippen LogP contribution in [0.4, 0.5) is 0 Å². The summed E-state index contributed by atoms with van der Waals surface area (Å²) < 4.78 is 28.1. The van der Waals surface area contributed by atoms with Crippen LogP contribution in [-0.2, 0) is 16.6 Å². The number of sulfonamides is 1. The van der Waals surface area contributed by atoms with Gasteiger partial charge in [-0.2, -0.15) is 4.31 Å². The number of benzene rings is 2. The van der Waals surface area contributed by atoms with Crippen LogP contribution in [0.3, 0.4) is 0 Å². The summed E-state index contributed by atoms with van der Waals surface area (Å²) in [7, 11) is -3.56. The highest BCUT2D eigenvalue weighted by Gasteiger charge is 2.31. The summed E-state index contributed by atoms with van der Waals surface area (Å²) in [5.74, 6) is 0.543. The van der Waals surface area contributed by atoms with E-state index in [2.05, 4.69) is 14.9 Å². The first-order valence-corrected chi connectivity index (χ1v) is 12.0. The minimum atomic E-state index is -3.56. The third kappa shape index (κ3) is 4.39. The summed E-state index contributed by atoms with van der Waals surface area (Å²) >= 11 is 6.03. The second-order valence-corrected chi connectivity index (χ2v) is 10.4. The Labute approximate surface area is 186 Å². The number of rotatable bonds is 4. The third-order valence-electron chi connectivity index (χ3n) is 5.62. The molecule has 31 heavy (non-hydrogen) atoms. The quantitative estimate of drug-likeness (QED) is 0.646. The van der Waals surface area contributed by atoms with E-state index in [1.807, 2.05) is 32.9 Å². The molecule has 1 aliphatic rings. The fourth-order valence-corrected chi connectivity index (χ4v) is 6.28. The number of H-pyrrole nitrogens is 1. The second kappa shape index (κ2) is 8.35. The number of aromatic amines is 1. The van der Waals surface area contributed by atoms with Gasteiger partial charge in [0, 0.05) is 31.2 Å². The van der Waals surface area contributed by atoms with Gasteiger partial charge in [-0.15, -0.1) is 0 Å². The van der Waals surface area contributed by atoms with Crippen LogP contribution in [-0.4, -0.2) is 53.8 Å². The van der Waals surface area contributed by atoms with Gasteiger partial charge in [0.05, 0.1) is 22.3 Å². The minimum absolute atomic E-state index is 0.205. The molecule has 1 aromatic heterocycles. The molecule has 0 spiro atoms. The van der Waals surface area contributed by atoms with Crippen molar-refractivity contribution < 1.29 is 8.42 Å². The van der Waals surface area contributed by atoms with Crippen LogP contribution in [0.5, 0.6) is 0 Å². The van der Waals surface area contributed by atoms with E-state index in [0.29, 0.717) is 59.4 Å². The normalized spacial score (nSPS) is 16.1. The molecular formula is C22H25ClN4O3S. The molecule has 3 aromatic rings. The maximum Gasteiger partial charge on any atom is 0.258 e. The number of fused-ring (bicyclic) bond motifs is 1. The molecule has 2 aromatic carbocycles. The van der Waals surface area contributed by atoms with Gasteiger partial charge in [0.15, 0.2) is 0 Å². The molecule has 0 saturated carbocycles. The zero-order valence-corrected chi connectivity index (χ0v) is 19.3. The molecule has 7 nitrogen and oxygen atoms in total. The minimum Gasteiger partial charge on any atom is -0.309 e. The molecule has 0 atom stereocenters. The SMILES string of the molecule is Cc1cc(C)c(S(=O)(=O)N2CCN(Cc3nc4cc(Cl)ccc4c(=O)[nH]3)CC2)c(C)c1. The average Bonchev–Trinajstić information content (AvgIpc) is 2.67. The van der Waals surface area contributed by atoms with Gasteiger partial charge < -0.3 is 4.98 Å². The Bertz CT molecular complexity index is 1290. The highest BCUT2D eigenvalue weighted by molar-refractivity contribution is 7.89. The highest BCUT2D eigenvalue weighted by atomic mass is 35.5. The van der Waals surface area contributed by atoms with Gasteiger partial charge in [-0.25, -0.2) is 13.4 Å². The van der Waals surface area contributed by atoms with E-state index in [4.69, 9.17) is 11.6 Å². The number of hydrogen-bond acceptors (Lipinski definition) is 5. The van der Waals surface area contributed by atoms with Crippen molar-refractivity contribution in [2.75, 3.05) is 26.2 Å². The number of halogens is 1. The third-order valence-corrected chi connectivity index (χ3v) is 8.06. The van der Waals surface area contributed by atoms with Gasteiger partial charge >= 0.3 is 0 Å². The van der Waals surface area contributed by atoms with Gasteiger partial charge in [-0.05, 0) is 50.1 Å². The summed E-state index contributed by atoms with van der Waals surface area (Å²) in [5, 5.41) is 1.02. The second-order valence-electron chi connectivity index (χ2n) is 8.08. The lowest BCUT2D eigenvalue weighted by Gasteiger charge is -2.34. The zero-order chi connectivity index (χ0) is 22.3. The number of nitrogens with zero attached hydrogens (tertiary/aromatic N) is 3. The van der Waals surface area contributed by atoms with E-state index in [0.717, 1.165) is 16.7 Å². The number of aryl methyl sites for hydroxylation is 3. The van der Waals surface area contributed by atoms with Crippen LogP contribution >= 0.6 is 11.6 Å². The Balaban J connectivity index is 1.49. The molecule has 1 saturated heterocycles. The van der Waals surface area contributed by atoms with E-state index >= 15 is 0 Å². The maximum absolute atomic E-state index is 13.3. The molecule has 0 amide bonds. The zero-order valence-electron chi connectivity index (χ0n) is 17.8. The van der Waals surface area contributed by atoms with Crippen LogP contribution < -0.4 is 5.56 Å². The van der Waals surface area contributed by atoms with Gasteiger partial charge in [0.25, 0.3) is 5.56 Å². The molecule has 1 fully saturated rings. The lowest BCUT2D eigenvalue weighted by atomic mass is 10.1. The molecule has 0 bridgehead atoms. The van der Waals surface area contributed by atoms with Gasteiger partial charge in [0.2, 0.25) is 10.0 Å². The van der Waals surface area contributed by atoms with E-state index in [-0.39, 0.29) is 5.56 Å². The largest absolute Gasteiger partial charge is 0.309 e. The number of piperazine rings is 1. The fourth-order valence-electron chi connectivity index (χ4n) is 4.28. The molecule has 0 unspecified atom stereocenters. The molecular weight excluding hydrogens is 436 g/mol. The smallest absolute Gasteiger partial charge is 0.258 e. The van der Waals surface area contributed by atoms with Crippen LogP contribution in [0.15, 0.2) is 40.0 Å². The Morgan fingerprint density at radius 2 is 1.68 bits per heavy atom. The van der Waals surface area contributed by atoms with Crippen molar-refractivity contribution in [3.05, 3.63) is 68.2 Å². The van der Waals surface area contributed by atoms with Crippen LogP contribution in [0.2, 0.25) is 5.02 Å². The maximum atomic E-state index is 13.3. The molecule has 1 N–H and O–H groups in total. The predicted molar refractivity (Wildman–Crippen MR) is 122 cm³/mol. The molecule has 0 aliphatic carbocycles. The number of nitrogens with one attached hydrogen (secondary N) is 1. The lowest BCUT2D eigenvalue weighted by molar-refractivity contribution is 0.178. The van der Waals surface area contributed by atoms with Crippen molar-refractivity contribution >= 4 is 32.5 Å². The van der Waals surface area contributed by atoms with Crippen LogP contribution in [0.1, 0.15) is 22.5 Å². The first-order valence-electron chi connectivity index (χ1n) is 10.1. The summed E-state index contributed by atoms with van der Waals surface area (Å²) in [6.45, 7) is 7.98. The summed E-state index contributed by atoms with van der Waals surface area (Å²) in [5.41, 5.74) is 2.95. The molecule has 4 rings (SSSR count). The number of hydrogen-bond donors (Lipinski definition) is 1. The molecule has 1 aliphatic heterocycles. The van der Waals surface area contributed by atoms with Crippen LogP contribution in [0.25, 0.3) is 10.9 Å². The molecule has 2 heterocycles. The Kier molecular flexibility index (Phi) is 5.91. The van der Waals surface area contributed by atoms with E-state index in [9.17, 15) is 13.2 Å². The standard InChI is InChI=1S/C22H25ClN4O3S/c1-14-10-15(2)21(16(3)11-14)31(29,30)27-8-6-26(7-9-27)13-20-24-19-12-17(23)4-5-18(19)22(28)25-20/h4-5,10-12H,6-9,13H2,1-3H3,(H,24,25,28). The van der Waals surface area contributed by atoms with Crippen molar-refractivity contribution in [2.45, 2.75) is 32.2 Å². The predicted octanol–water partition coefficient (Wildman–Crippen LogP) is 3.01. The highest BCUT2D eigenvalue weighted by Crippen LogP contribution is 2.26. The molecule has 164 valence electrons. The van der Waals surface area contributed by atoms with Crippen molar-refractivity contribution in [1.29, 1.82) is 0 Å². The first kappa shape index (κ1) is 22.0. The van der Waals surface area contributed by atoms with E-state index in [1.165, 1.54) is 0 Å². The van der Waals surface area contributed by atoms with Crippen molar-refractivity contribution in [3.8, 4) is 0 Å². The average molecular weight is 461 g/mol. The summed E-state index contributed by atoms with van der Waals surface area (Å²) in [6.07, 6.45) is 0. The monoisotopic (exact) mass is 460 g/mol. The summed E-state index contributed by atoms with van der Waals surface area (Å²) in [4.78, 5) is 22.2. The Morgan fingerprint density at radius 1 is 1.03 bits per heavy atom. The Hall–Kier alpha value is -2.26. The van der Waals surface area contributed by atoms with E-state index < -0.39 is 10.0 Å². The number of aromatic nitrogens is 2. The van der Waals surface area contributed by atoms with E-state index in [1.54, 1.807) is 22.5 Å². The lowest BCUT2D eigenvalue weighted by Crippen LogP contribution is -2.48. The van der Waals surface area contributed by atoms with Crippen molar-refractivity contribution in [1.82, 2.24) is 19.2 Å².